The summed E-state index contributed by atoms with van der Waals surface area (Å²) >= 11 is 0. The number of carbonyl (C=O) groups is 2. The van der Waals surface area contributed by atoms with Crippen LogP contribution in [0.4, 0.5) is 5.69 Å². The molecule has 0 bridgehead atoms. The quantitative estimate of drug-likeness (QED) is 0.0673. The number of imidazole rings is 1. The minimum absolute atomic E-state index is 0. The Kier molecular flexibility index (Phi) is 15.5. The van der Waals surface area contributed by atoms with Crippen molar-refractivity contribution in [3.05, 3.63) is 70.0 Å². The number of unbranched alkanes of at least 4 members (excludes halogenated alkanes) is 3. The van der Waals surface area contributed by atoms with Crippen molar-refractivity contribution in [2.45, 2.75) is 75.3 Å². The molecule has 15 nitrogen and oxygen atoms in total. The predicted octanol–water partition coefficient (Wildman–Crippen LogP) is -0.192. The number of hydrogen-bond donors (Lipinski definition) is 4. The van der Waals surface area contributed by atoms with Gasteiger partial charge in [0.1, 0.15) is 11.5 Å². The molecule has 4 N–H and O–H groups in total. The van der Waals surface area contributed by atoms with Crippen LogP contribution in [0.5, 0.6) is 5.75 Å². The molecule has 1 aromatic carbocycles. The van der Waals surface area contributed by atoms with Gasteiger partial charge in [0, 0.05) is 69.5 Å². The molecule has 3 aromatic rings. The number of H-pyrrole nitrogens is 1. The van der Waals surface area contributed by atoms with Gasteiger partial charge >= 0.3 is 35.2 Å². The van der Waals surface area contributed by atoms with E-state index in [0.29, 0.717) is 44.2 Å². The Hall–Kier alpha value is -3.22. The molecule has 0 saturated heterocycles. The second-order valence-corrected chi connectivity index (χ2v) is 15.3. The van der Waals surface area contributed by atoms with Crippen LogP contribution in [-0.2, 0) is 36.2 Å². The van der Waals surface area contributed by atoms with E-state index in [1.807, 2.05) is 0 Å². The maximum Gasteiger partial charge on any atom is 1.00 e. The molecule has 1 aliphatic rings. The van der Waals surface area contributed by atoms with E-state index in [9.17, 15) is 40.9 Å². The Morgan fingerprint density at radius 1 is 1.10 bits per heavy atom. The summed E-state index contributed by atoms with van der Waals surface area (Å²) < 4.78 is 65.5. The van der Waals surface area contributed by atoms with E-state index < -0.39 is 37.4 Å². The topological polar surface area (TPSA) is 232 Å². The van der Waals surface area contributed by atoms with Crippen LogP contribution in [0.25, 0.3) is 0 Å². The number of aryl methyl sites for hydroxylation is 1. The number of hydrogen-bond acceptors (Lipinski definition) is 11. The summed E-state index contributed by atoms with van der Waals surface area (Å²) in [6.07, 6.45) is 8.43. The number of aromatic nitrogens is 2. The summed E-state index contributed by atoms with van der Waals surface area (Å²) in [5.41, 5.74) is 0.403. The van der Waals surface area contributed by atoms with Crippen LogP contribution in [0.15, 0.2) is 57.1 Å². The number of sulfonamides is 1. The second-order valence-electron chi connectivity index (χ2n) is 12.2. The molecule has 50 heavy (non-hydrogen) atoms. The molecule has 18 heteroatoms. The molecular formula is C32H42N5NaO10S2. The Bertz CT molecular complexity index is 1860. The molecule has 0 radical (unpaired) electrons. The third kappa shape index (κ3) is 12.8. The van der Waals surface area contributed by atoms with Crippen LogP contribution < -0.4 is 45.2 Å². The zero-order chi connectivity index (χ0) is 35.6. The van der Waals surface area contributed by atoms with E-state index in [1.54, 1.807) is 24.3 Å². The first-order chi connectivity index (χ1) is 23.2. The summed E-state index contributed by atoms with van der Waals surface area (Å²) in [5.74, 6) is -1.30. The molecule has 4 rings (SSSR count). The largest absolute Gasteiger partial charge is 1.00 e. The molecule has 0 spiro atoms. The zero-order valence-electron chi connectivity index (χ0n) is 28.2. The summed E-state index contributed by atoms with van der Waals surface area (Å²) in [6.45, 7) is 0.208. The van der Waals surface area contributed by atoms with Crippen molar-refractivity contribution in [1.82, 2.24) is 20.2 Å². The fraction of sp³-hybridized carbons (Fsp3) is 0.500. The van der Waals surface area contributed by atoms with Gasteiger partial charge in [-0.3, -0.25) is 14.3 Å². The van der Waals surface area contributed by atoms with Crippen LogP contribution >= 0.6 is 0 Å². The van der Waals surface area contributed by atoms with Crippen LogP contribution in [0.2, 0.25) is 0 Å². The van der Waals surface area contributed by atoms with E-state index >= 15 is 0 Å². The summed E-state index contributed by atoms with van der Waals surface area (Å²) in [5, 5.41) is 13.6. The van der Waals surface area contributed by atoms with Gasteiger partial charge < -0.3 is 29.3 Å². The minimum Gasteiger partial charge on any atom is -0.748 e. The molecule has 2 aromatic heterocycles. The van der Waals surface area contributed by atoms with Crippen molar-refractivity contribution in [1.29, 1.82) is 0 Å². The van der Waals surface area contributed by atoms with E-state index in [4.69, 9.17) is 4.42 Å². The first kappa shape index (κ1) is 41.2. The molecule has 2 heterocycles. The third-order valence-corrected chi connectivity index (χ3v) is 10.1. The van der Waals surface area contributed by atoms with Gasteiger partial charge in [-0.15, -0.1) is 0 Å². The van der Waals surface area contributed by atoms with Crippen molar-refractivity contribution in [3.63, 3.8) is 0 Å². The second kappa shape index (κ2) is 18.9. The standard InChI is InChI=1S/C32H43N5O10S2.Na/c1-37(18-19-48(42,43)44)28(40)12-5-3-2-4-11-27(39)33-15-7-10-25-21-26(38)30(31(41)47-25)29(22-13-14-22)23-8-6-9-24(20-23)36-49(45,46)32-34-16-17-35-32;/h6,8-9,16-17,20-22,29,36,38H,2-5,7,10-15,18-19H2,1H3,(H,33,39)(H,34,35)(H,42,43,44);/q;+1/p-1. The molecule has 1 unspecified atom stereocenters. The van der Waals surface area contributed by atoms with Crippen molar-refractivity contribution >= 4 is 37.6 Å². The Morgan fingerprint density at radius 2 is 1.82 bits per heavy atom. The monoisotopic (exact) mass is 743 g/mol. The van der Waals surface area contributed by atoms with Crippen LogP contribution in [0.1, 0.15) is 80.6 Å². The number of anilines is 1. The van der Waals surface area contributed by atoms with Gasteiger partial charge in [-0.05, 0) is 55.7 Å². The van der Waals surface area contributed by atoms with E-state index in [2.05, 4.69) is 20.0 Å². The SMILES string of the molecule is CN(CCS(=O)(=O)[O-])C(=O)CCCCCCC(=O)NCCCc1cc(O)c(C(c2cccc(NS(=O)(=O)c3ncc[nH]3)c2)C2CC2)c(=O)o1.[Na+]. The van der Waals surface area contributed by atoms with Crippen molar-refractivity contribution < 1.29 is 70.1 Å². The summed E-state index contributed by atoms with van der Waals surface area (Å²) in [6, 6.07) is 8.10. The number of benzene rings is 1. The van der Waals surface area contributed by atoms with Crippen molar-refractivity contribution in [2.75, 3.05) is 30.6 Å². The number of carbonyl (C=O) groups excluding carboxylic acids is 2. The Labute approximate surface area is 313 Å². The predicted molar refractivity (Wildman–Crippen MR) is 178 cm³/mol. The van der Waals surface area contributed by atoms with E-state index in [-0.39, 0.29) is 88.2 Å². The molecule has 1 fully saturated rings. The number of amides is 2. The summed E-state index contributed by atoms with van der Waals surface area (Å²) in [4.78, 5) is 45.0. The molecule has 1 saturated carbocycles. The van der Waals surface area contributed by atoms with E-state index in [1.165, 1.54) is 30.4 Å². The smallest absolute Gasteiger partial charge is 0.748 e. The molecule has 2 amide bonds. The zero-order valence-corrected chi connectivity index (χ0v) is 31.9. The van der Waals surface area contributed by atoms with Gasteiger partial charge in [0.05, 0.1) is 21.4 Å². The van der Waals surface area contributed by atoms with Crippen LogP contribution in [0, 0.1) is 5.92 Å². The molecule has 1 atom stereocenters. The van der Waals surface area contributed by atoms with Gasteiger partial charge in [-0.1, -0.05) is 25.0 Å². The maximum atomic E-state index is 13.2. The molecule has 268 valence electrons. The number of rotatable bonds is 20. The average molecular weight is 744 g/mol. The number of aromatic hydroxyl groups is 1. The third-order valence-electron chi connectivity index (χ3n) is 8.22. The van der Waals surface area contributed by atoms with Crippen LogP contribution in [0.3, 0.4) is 0 Å². The van der Waals surface area contributed by atoms with Gasteiger partial charge in [0.25, 0.3) is 10.0 Å². The molecular weight excluding hydrogens is 702 g/mol. The Morgan fingerprint density at radius 3 is 2.46 bits per heavy atom. The normalized spacial score (nSPS) is 13.6. The Balaban J connectivity index is 0.00000676. The number of nitrogens with zero attached hydrogens (tertiary/aromatic N) is 2. The average Bonchev–Trinajstić information content (AvgIpc) is 3.70. The molecule has 0 aliphatic heterocycles. The first-order valence-electron chi connectivity index (χ1n) is 16.2. The first-order valence-corrected chi connectivity index (χ1v) is 19.2. The van der Waals surface area contributed by atoms with E-state index in [0.717, 1.165) is 25.7 Å². The maximum absolute atomic E-state index is 13.2. The van der Waals surface area contributed by atoms with Gasteiger partial charge in [-0.25, -0.2) is 18.2 Å². The van der Waals surface area contributed by atoms with Crippen LogP contribution in [-0.4, -0.2) is 79.1 Å². The van der Waals surface area contributed by atoms with Crippen molar-refractivity contribution in [2.24, 2.45) is 5.92 Å². The van der Waals surface area contributed by atoms with Gasteiger partial charge in [-0.2, -0.15) is 8.42 Å². The minimum atomic E-state index is -4.37. The van der Waals surface area contributed by atoms with Gasteiger partial charge in [0.15, 0.2) is 0 Å². The summed E-state index contributed by atoms with van der Waals surface area (Å²) in [7, 11) is -6.86. The fourth-order valence-corrected chi connectivity index (χ4v) is 6.96. The fourth-order valence-electron chi connectivity index (χ4n) is 5.51. The van der Waals surface area contributed by atoms with Gasteiger partial charge in [0.2, 0.25) is 17.0 Å². The molecule has 1 aliphatic carbocycles. The number of nitrogens with one attached hydrogen (secondary N) is 3. The number of aromatic amines is 1. The van der Waals surface area contributed by atoms with Crippen molar-refractivity contribution in [3.8, 4) is 5.75 Å².